The highest BCUT2D eigenvalue weighted by atomic mass is 16.5. The maximum Gasteiger partial charge on any atom is 0.196 e. The number of para-hydroxylation sites is 1. The lowest BCUT2D eigenvalue weighted by molar-refractivity contribution is 0.118. The molecule has 4 heteroatoms. The Kier molecular flexibility index (Phi) is 3.19. The van der Waals surface area contributed by atoms with Crippen molar-refractivity contribution in [1.82, 2.24) is 5.32 Å². The second kappa shape index (κ2) is 4.98. The third kappa shape index (κ3) is 2.34. The molecular formula is C14H19N3O. The van der Waals surface area contributed by atoms with Gasteiger partial charge in [0.15, 0.2) is 5.96 Å². The number of nitrogens with one attached hydrogen (secondary N) is 2. The molecule has 2 N–H and O–H groups in total. The van der Waals surface area contributed by atoms with Gasteiger partial charge in [0.25, 0.3) is 0 Å². The summed E-state index contributed by atoms with van der Waals surface area (Å²) in [6, 6.07) is 8.63. The van der Waals surface area contributed by atoms with Crippen LogP contribution in [0.15, 0.2) is 29.3 Å². The Morgan fingerprint density at radius 2 is 2.28 bits per heavy atom. The summed E-state index contributed by atoms with van der Waals surface area (Å²) in [5.41, 5.74) is 2.43. The van der Waals surface area contributed by atoms with Crippen molar-refractivity contribution in [1.29, 1.82) is 0 Å². The number of aliphatic imine (C=N–C) groups is 1. The van der Waals surface area contributed by atoms with Crippen molar-refractivity contribution >= 4 is 11.6 Å². The smallest absolute Gasteiger partial charge is 0.196 e. The van der Waals surface area contributed by atoms with Crippen LogP contribution in [-0.2, 0) is 4.74 Å². The van der Waals surface area contributed by atoms with Crippen molar-refractivity contribution in [3.05, 3.63) is 29.8 Å². The summed E-state index contributed by atoms with van der Waals surface area (Å²) < 4.78 is 5.58. The molecule has 4 nitrogen and oxygen atoms in total. The summed E-state index contributed by atoms with van der Waals surface area (Å²) in [5, 5.41) is 6.71. The first-order valence-corrected chi connectivity index (χ1v) is 6.61. The Balaban J connectivity index is 1.71. The Bertz CT molecular complexity index is 452. The summed E-state index contributed by atoms with van der Waals surface area (Å²) in [5.74, 6) is 0.858. The molecule has 96 valence electrons. The third-order valence-corrected chi connectivity index (χ3v) is 3.51. The highest BCUT2D eigenvalue weighted by Crippen LogP contribution is 2.25. The summed E-state index contributed by atoms with van der Waals surface area (Å²) in [7, 11) is 0. The predicted molar refractivity (Wildman–Crippen MR) is 72.9 cm³/mol. The molecule has 0 amide bonds. The van der Waals surface area contributed by atoms with E-state index in [4.69, 9.17) is 4.74 Å². The second-order valence-corrected chi connectivity index (χ2v) is 4.90. The van der Waals surface area contributed by atoms with Gasteiger partial charge in [-0.2, -0.15) is 0 Å². The van der Waals surface area contributed by atoms with Crippen LogP contribution in [0.25, 0.3) is 0 Å². The van der Waals surface area contributed by atoms with E-state index in [0.29, 0.717) is 12.1 Å². The number of nitrogens with zero attached hydrogens (tertiary/aromatic N) is 1. The standard InChI is InChI=1S/C14H19N3O/c1-10-12-6-2-3-7-13(12)17-14(16-10)15-9-11-5-4-8-18-11/h2-3,6-7,10-11H,4-5,8-9H2,1H3,(H2,15,16,17)/t10?,11-/m1/s1. The SMILES string of the molecule is CC1NC(=NC[C@H]2CCCO2)Nc2ccccc21. The van der Waals surface area contributed by atoms with Gasteiger partial charge < -0.3 is 15.4 Å². The van der Waals surface area contributed by atoms with E-state index in [1.165, 1.54) is 5.56 Å². The number of benzene rings is 1. The van der Waals surface area contributed by atoms with Crippen LogP contribution >= 0.6 is 0 Å². The number of fused-ring (bicyclic) bond motifs is 1. The minimum Gasteiger partial charge on any atom is -0.376 e. The Morgan fingerprint density at radius 1 is 1.39 bits per heavy atom. The molecule has 0 spiro atoms. The molecule has 18 heavy (non-hydrogen) atoms. The van der Waals surface area contributed by atoms with E-state index in [-0.39, 0.29) is 0 Å². The van der Waals surface area contributed by atoms with Crippen LogP contribution in [0, 0.1) is 0 Å². The summed E-state index contributed by atoms with van der Waals surface area (Å²) in [4.78, 5) is 4.58. The number of hydrogen-bond acceptors (Lipinski definition) is 2. The van der Waals surface area contributed by atoms with Crippen molar-refractivity contribution in [3.63, 3.8) is 0 Å². The molecule has 2 aliphatic rings. The van der Waals surface area contributed by atoms with Crippen molar-refractivity contribution in [3.8, 4) is 0 Å². The Labute approximate surface area is 107 Å². The lowest BCUT2D eigenvalue weighted by Gasteiger charge is -2.27. The van der Waals surface area contributed by atoms with E-state index >= 15 is 0 Å². The van der Waals surface area contributed by atoms with Gasteiger partial charge in [0, 0.05) is 12.3 Å². The van der Waals surface area contributed by atoms with E-state index in [1.54, 1.807) is 0 Å². The van der Waals surface area contributed by atoms with Crippen LogP contribution in [0.5, 0.6) is 0 Å². The largest absolute Gasteiger partial charge is 0.376 e. The Hall–Kier alpha value is -1.55. The van der Waals surface area contributed by atoms with Crippen molar-refractivity contribution in [2.75, 3.05) is 18.5 Å². The van der Waals surface area contributed by atoms with Gasteiger partial charge in [-0.1, -0.05) is 18.2 Å². The highest BCUT2D eigenvalue weighted by Gasteiger charge is 2.20. The summed E-state index contributed by atoms with van der Waals surface area (Å²) >= 11 is 0. The molecule has 0 aliphatic carbocycles. The molecule has 0 aromatic heterocycles. The maximum absolute atomic E-state index is 5.58. The predicted octanol–water partition coefficient (Wildman–Crippen LogP) is 2.30. The van der Waals surface area contributed by atoms with Crippen LogP contribution in [0.4, 0.5) is 5.69 Å². The highest BCUT2D eigenvalue weighted by molar-refractivity contribution is 5.96. The molecule has 3 rings (SSSR count). The molecule has 2 aliphatic heterocycles. The zero-order valence-corrected chi connectivity index (χ0v) is 10.6. The Morgan fingerprint density at radius 3 is 3.11 bits per heavy atom. The van der Waals surface area contributed by atoms with Gasteiger partial charge in [0.2, 0.25) is 0 Å². The third-order valence-electron chi connectivity index (χ3n) is 3.51. The van der Waals surface area contributed by atoms with Crippen LogP contribution < -0.4 is 10.6 Å². The van der Waals surface area contributed by atoms with Gasteiger partial charge in [-0.15, -0.1) is 0 Å². The first-order chi connectivity index (χ1) is 8.83. The van der Waals surface area contributed by atoms with E-state index in [9.17, 15) is 0 Å². The van der Waals surface area contributed by atoms with E-state index < -0.39 is 0 Å². The van der Waals surface area contributed by atoms with Gasteiger partial charge in [-0.25, -0.2) is 0 Å². The number of rotatable bonds is 2. The van der Waals surface area contributed by atoms with E-state index in [1.807, 2.05) is 6.07 Å². The summed E-state index contributed by atoms with van der Waals surface area (Å²) in [6.07, 6.45) is 2.59. The van der Waals surface area contributed by atoms with Crippen LogP contribution in [-0.4, -0.2) is 25.2 Å². The van der Waals surface area contributed by atoms with Crippen LogP contribution in [0.2, 0.25) is 0 Å². The summed E-state index contributed by atoms with van der Waals surface area (Å²) in [6.45, 7) is 3.78. The molecular weight excluding hydrogens is 226 g/mol. The first kappa shape index (κ1) is 11.5. The zero-order chi connectivity index (χ0) is 12.4. The fraction of sp³-hybridized carbons (Fsp3) is 0.500. The average molecular weight is 245 g/mol. The molecule has 0 radical (unpaired) electrons. The molecule has 1 unspecified atom stereocenters. The fourth-order valence-electron chi connectivity index (χ4n) is 2.50. The van der Waals surface area contributed by atoms with Gasteiger partial charge in [-0.05, 0) is 31.4 Å². The maximum atomic E-state index is 5.58. The second-order valence-electron chi connectivity index (χ2n) is 4.90. The molecule has 2 heterocycles. The minimum atomic E-state index is 0.297. The van der Waals surface area contributed by atoms with Crippen molar-refractivity contribution in [2.24, 2.45) is 4.99 Å². The molecule has 0 bridgehead atoms. The number of ether oxygens (including phenoxy) is 1. The lowest BCUT2D eigenvalue weighted by Crippen LogP contribution is -2.38. The minimum absolute atomic E-state index is 0.297. The molecule has 1 aromatic rings. The van der Waals surface area contributed by atoms with Crippen LogP contribution in [0.1, 0.15) is 31.4 Å². The monoisotopic (exact) mass is 245 g/mol. The zero-order valence-electron chi connectivity index (χ0n) is 10.6. The molecule has 2 atom stereocenters. The normalized spacial score (nSPS) is 28.6. The van der Waals surface area contributed by atoms with Gasteiger partial charge in [0.05, 0.1) is 18.7 Å². The van der Waals surface area contributed by atoms with E-state index in [2.05, 4.69) is 40.7 Å². The van der Waals surface area contributed by atoms with Crippen molar-refractivity contribution in [2.45, 2.75) is 31.9 Å². The molecule has 0 saturated carbocycles. The molecule has 1 fully saturated rings. The van der Waals surface area contributed by atoms with Crippen LogP contribution in [0.3, 0.4) is 0 Å². The topological polar surface area (TPSA) is 45.7 Å². The lowest BCUT2D eigenvalue weighted by atomic mass is 10.0. The quantitative estimate of drug-likeness (QED) is 0.840. The fourth-order valence-corrected chi connectivity index (χ4v) is 2.50. The number of anilines is 1. The van der Waals surface area contributed by atoms with Gasteiger partial charge in [-0.3, -0.25) is 4.99 Å². The van der Waals surface area contributed by atoms with E-state index in [0.717, 1.165) is 37.6 Å². The number of guanidine groups is 1. The average Bonchev–Trinajstić information content (AvgIpc) is 2.90. The van der Waals surface area contributed by atoms with Crippen molar-refractivity contribution < 1.29 is 4.74 Å². The first-order valence-electron chi connectivity index (χ1n) is 6.61. The van der Waals surface area contributed by atoms with Gasteiger partial charge in [0.1, 0.15) is 0 Å². The van der Waals surface area contributed by atoms with Gasteiger partial charge >= 0.3 is 0 Å². The number of hydrogen-bond donors (Lipinski definition) is 2. The molecule has 1 aromatic carbocycles. The molecule has 1 saturated heterocycles.